The summed E-state index contributed by atoms with van der Waals surface area (Å²) in [4.78, 5) is 27.1. The molecule has 3 heterocycles. The van der Waals surface area contributed by atoms with Gasteiger partial charge in [-0.15, -0.1) is 0 Å². The number of rotatable bonds is 5. The minimum absolute atomic E-state index is 0.0626. The molecule has 2 aromatic carbocycles. The third-order valence-electron chi connectivity index (χ3n) is 7.43. The molecule has 0 N–H and O–H groups in total. The third kappa shape index (κ3) is 4.79. The number of oxazole rings is 1. The van der Waals surface area contributed by atoms with Crippen molar-refractivity contribution < 1.29 is 17.6 Å². The van der Waals surface area contributed by atoms with E-state index in [1.165, 1.54) is 26.6 Å². The average molecular weight is 498 g/mol. The molecule has 1 aromatic heterocycles. The summed E-state index contributed by atoms with van der Waals surface area (Å²) in [5.41, 5.74) is 2.11. The van der Waals surface area contributed by atoms with E-state index in [1.807, 2.05) is 11.0 Å². The number of carbonyl (C=O) groups is 1. The van der Waals surface area contributed by atoms with E-state index in [0.717, 1.165) is 32.4 Å². The van der Waals surface area contributed by atoms with Crippen LogP contribution in [0.15, 0.2) is 62.6 Å². The lowest BCUT2D eigenvalue weighted by atomic mass is 9.89. The predicted molar refractivity (Wildman–Crippen MR) is 132 cm³/mol. The van der Waals surface area contributed by atoms with Gasteiger partial charge in [0.15, 0.2) is 5.58 Å². The van der Waals surface area contributed by atoms with E-state index in [2.05, 4.69) is 24.3 Å². The van der Waals surface area contributed by atoms with E-state index in [-0.39, 0.29) is 28.8 Å². The van der Waals surface area contributed by atoms with Gasteiger partial charge in [-0.1, -0.05) is 30.3 Å². The first kappa shape index (κ1) is 23.8. The van der Waals surface area contributed by atoms with E-state index in [1.54, 1.807) is 13.1 Å². The maximum Gasteiger partial charge on any atom is 0.419 e. The lowest BCUT2D eigenvalue weighted by Gasteiger charge is -2.37. The fourth-order valence-electron chi connectivity index (χ4n) is 5.35. The van der Waals surface area contributed by atoms with E-state index in [9.17, 15) is 18.0 Å². The second-order valence-electron chi connectivity index (χ2n) is 9.72. The zero-order valence-electron chi connectivity index (χ0n) is 19.9. The Labute approximate surface area is 205 Å². The van der Waals surface area contributed by atoms with Crippen molar-refractivity contribution in [3.05, 3.63) is 64.6 Å². The number of hydrogen-bond acceptors (Lipinski definition) is 5. The number of nitrogens with zero attached hydrogens (tertiary/aromatic N) is 3. The number of amides is 1. The molecule has 2 aliphatic rings. The van der Waals surface area contributed by atoms with Crippen molar-refractivity contribution in [2.24, 2.45) is 18.9 Å². The van der Waals surface area contributed by atoms with Crippen molar-refractivity contribution in [1.29, 1.82) is 0 Å². The average Bonchev–Trinajstić information content (AvgIpc) is 3.17. The van der Waals surface area contributed by atoms with Gasteiger partial charge in [-0.05, 0) is 55.7 Å². The third-order valence-corrected chi connectivity index (χ3v) is 9.29. The van der Waals surface area contributed by atoms with Crippen LogP contribution >= 0.6 is 0 Å². The Balaban J connectivity index is 1.23. The Hall–Kier alpha value is -2.91. The molecule has 35 heavy (non-hydrogen) atoms. The van der Waals surface area contributed by atoms with Crippen LogP contribution < -0.4 is 5.76 Å². The van der Waals surface area contributed by atoms with Crippen LogP contribution in [0.25, 0.3) is 11.1 Å². The molecule has 2 fully saturated rings. The number of benzene rings is 2. The maximum atomic E-state index is 13.4. The van der Waals surface area contributed by atoms with Gasteiger partial charge in [0.1, 0.15) is 0 Å². The summed E-state index contributed by atoms with van der Waals surface area (Å²) in [6, 6.07) is 14.9. The molecule has 0 unspecified atom stereocenters. The van der Waals surface area contributed by atoms with Crippen molar-refractivity contribution in [3.63, 3.8) is 0 Å². The quantitative estimate of drug-likeness (QED) is 0.540. The highest BCUT2D eigenvalue weighted by atomic mass is 32.2. The molecule has 0 radical (unpaired) electrons. The van der Waals surface area contributed by atoms with Crippen molar-refractivity contribution in [1.82, 2.24) is 13.8 Å². The molecule has 1 atom stereocenters. The number of fused-ring (bicyclic) bond motifs is 1. The smallest absolute Gasteiger partial charge is 0.408 e. The minimum Gasteiger partial charge on any atom is -0.408 e. The second kappa shape index (κ2) is 9.62. The summed E-state index contributed by atoms with van der Waals surface area (Å²) in [6.45, 7) is 2.01. The van der Waals surface area contributed by atoms with E-state index in [4.69, 9.17) is 4.42 Å². The highest BCUT2D eigenvalue weighted by molar-refractivity contribution is 7.89. The standard InChI is InChI=1S/C26H31N3O5S/c1-27-23-10-9-22(17-24(23)34-26(27)31)35(32,33)29-13-5-8-21(18-29)25(30)28-14-11-20(12-15-28)16-19-6-3-2-4-7-19/h2-4,6-7,9-10,17,20-21H,5,8,11-16,18H2,1H3/t21-/m0/s1. The van der Waals surface area contributed by atoms with Crippen LogP contribution in [-0.2, 0) is 28.3 Å². The van der Waals surface area contributed by atoms with Gasteiger partial charge in [-0.25, -0.2) is 13.2 Å². The van der Waals surface area contributed by atoms with Gasteiger partial charge in [0, 0.05) is 39.3 Å². The largest absolute Gasteiger partial charge is 0.419 e. The fourth-order valence-corrected chi connectivity index (χ4v) is 6.89. The lowest BCUT2D eigenvalue weighted by Crippen LogP contribution is -2.48. The number of sulfonamides is 1. The first-order chi connectivity index (χ1) is 16.8. The molecule has 0 spiro atoms. The van der Waals surface area contributed by atoms with Gasteiger partial charge in [0.05, 0.1) is 16.3 Å². The summed E-state index contributed by atoms with van der Waals surface area (Å²) in [7, 11) is -2.23. The topological polar surface area (TPSA) is 92.8 Å². The summed E-state index contributed by atoms with van der Waals surface area (Å²) >= 11 is 0. The van der Waals surface area contributed by atoms with Crippen molar-refractivity contribution in [2.45, 2.75) is 37.0 Å². The monoisotopic (exact) mass is 497 g/mol. The molecule has 0 saturated carbocycles. The van der Waals surface area contributed by atoms with Crippen LogP contribution in [0.3, 0.4) is 0 Å². The fraction of sp³-hybridized carbons (Fsp3) is 0.462. The lowest BCUT2D eigenvalue weighted by molar-refractivity contribution is -0.138. The van der Waals surface area contributed by atoms with Gasteiger partial charge in [0.25, 0.3) is 0 Å². The summed E-state index contributed by atoms with van der Waals surface area (Å²) in [5.74, 6) is -0.237. The molecule has 186 valence electrons. The van der Waals surface area contributed by atoms with E-state index in [0.29, 0.717) is 30.8 Å². The molecule has 9 heteroatoms. The van der Waals surface area contributed by atoms with Crippen LogP contribution in [0.4, 0.5) is 0 Å². The molecular weight excluding hydrogens is 466 g/mol. The molecule has 2 saturated heterocycles. The first-order valence-corrected chi connectivity index (χ1v) is 13.7. The number of likely N-dealkylation sites (tertiary alicyclic amines) is 1. The zero-order chi connectivity index (χ0) is 24.6. The summed E-state index contributed by atoms with van der Waals surface area (Å²) in [5, 5.41) is 0. The Morgan fingerprint density at radius 3 is 2.51 bits per heavy atom. The summed E-state index contributed by atoms with van der Waals surface area (Å²) < 4.78 is 34.6. The Bertz CT molecular complexity index is 1370. The highest BCUT2D eigenvalue weighted by Gasteiger charge is 2.36. The zero-order valence-corrected chi connectivity index (χ0v) is 20.7. The van der Waals surface area contributed by atoms with E-state index < -0.39 is 15.8 Å². The molecule has 5 rings (SSSR count). The maximum absolute atomic E-state index is 13.4. The van der Waals surface area contributed by atoms with Crippen LogP contribution in [0.1, 0.15) is 31.2 Å². The molecule has 2 aliphatic heterocycles. The van der Waals surface area contributed by atoms with Crippen LogP contribution in [0, 0.1) is 11.8 Å². The number of aryl methyl sites for hydroxylation is 1. The second-order valence-corrected chi connectivity index (χ2v) is 11.7. The molecule has 0 bridgehead atoms. The van der Waals surface area contributed by atoms with Gasteiger partial charge in [0.2, 0.25) is 15.9 Å². The SMILES string of the molecule is Cn1c(=O)oc2cc(S(=O)(=O)N3CCC[C@H](C(=O)N4CCC(Cc5ccccc5)CC4)C3)ccc21. The van der Waals surface area contributed by atoms with Crippen molar-refractivity contribution >= 4 is 27.0 Å². The van der Waals surface area contributed by atoms with Crippen LogP contribution in [0.5, 0.6) is 0 Å². The highest BCUT2D eigenvalue weighted by Crippen LogP contribution is 2.29. The first-order valence-electron chi connectivity index (χ1n) is 12.3. The molecule has 0 aliphatic carbocycles. The van der Waals surface area contributed by atoms with Crippen molar-refractivity contribution in [3.8, 4) is 0 Å². The number of piperidine rings is 2. The Morgan fingerprint density at radius 2 is 1.77 bits per heavy atom. The molecule has 1 amide bonds. The van der Waals surface area contributed by atoms with Crippen LogP contribution in [0.2, 0.25) is 0 Å². The summed E-state index contributed by atoms with van der Waals surface area (Å²) in [6.07, 6.45) is 4.31. The number of aromatic nitrogens is 1. The molecular formula is C26H31N3O5S. The number of carbonyl (C=O) groups excluding carboxylic acids is 1. The normalized spacial score (nSPS) is 20.4. The van der Waals surface area contributed by atoms with Gasteiger partial charge >= 0.3 is 5.76 Å². The predicted octanol–water partition coefficient (Wildman–Crippen LogP) is 3.01. The van der Waals surface area contributed by atoms with Gasteiger partial charge in [-0.3, -0.25) is 9.36 Å². The van der Waals surface area contributed by atoms with Crippen LogP contribution in [-0.4, -0.2) is 54.3 Å². The van der Waals surface area contributed by atoms with Gasteiger partial charge in [-0.2, -0.15) is 4.31 Å². The van der Waals surface area contributed by atoms with Gasteiger partial charge < -0.3 is 9.32 Å². The Morgan fingerprint density at radius 1 is 1.03 bits per heavy atom. The minimum atomic E-state index is -3.81. The van der Waals surface area contributed by atoms with Crippen molar-refractivity contribution in [2.75, 3.05) is 26.2 Å². The molecule has 3 aromatic rings. The Kier molecular flexibility index (Phi) is 6.55. The molecule has 8 nitrogen and oxygen atoms in total. The number of hydrogen-bond donors (Lipinski definition) is 0. The van der Waals surface area contributed by atoms with E-state index >= 15 is 0 Å².